The highest BCUT2D eigenvalue weighted by molar-refractivity contribution is 5.98. The maximum Gasteiger partial charge on any atom is 0.256 e. The lowest BCUT2D eigenvalue weighted by atomic mass is 10.1. The van der Waals surface area contributed by atoms with Crippen molar-refractivity contribution < 1.29 is 19.1 Å². The Morgan fingerprint density at radius 3 is 2.92 bits per heavy atom. The van der Waals surface area contributed by atoms with Crippen LogP contribution in [0, 0.1) is 0 Å². The van der Waals surface area contributed by atoms with Crippen LogP contribution in [0.4, 0.5) is 0 Å². The second kappa shape index (κ2) is 7.08. The Morgan fingerprint density at radius 2 is 2.28 bits per heavy atom. The lowest BCUT2D eigenvalue weighted by molar-refractivity contribution is -0.121. The van der Waals surface area contributed by atoms with E-state index >= 15 is 0 Å². The van der Waals surface area contributed by atoms with Crippen LogP contribution in [-0.4, -0.2) is 47.3 Å². The van der Waals surface area contributed by atoms with Gasteiger partial charge in [0.2, 0.25) is 17.7 Å². The van der Waals surface area contributed by atoms with Crippen molar-refractivity contribution in [3.8, 4) is 5.88 Å². The summed E-state index contributed by atoms with van der Waals surface area (Å²) in [6.45, 7) is 3.25. The van der Waals surface area contributed by atoms with Gasteiger partial charge in [0.15, 0.2) is 0 Å². The molecule has 1 fully saturated rings. The molecule has 0 unspecified atom stereocenters. The fraction of sp³-hybridized carbons (Fsp3) is 0.529. The minimum Gasteiger partial charge on any atom is -0.481 e. The van der Waals surface area contributed by atoms with Gasteiger partial charge in [-0.05, 0) is 19.4 Å². The first-order chi connectivity index (χ1) is 12.0. The van der Waals surface area contributed by atoms with Crippen molar-refractivity contribution in [2.75, 3.05) is 13.7 Å². The monoisotopic (exact) mass is 346 g/mol. The Hall–Kier alpha value is -2.64. The van der Waals surface area contributed by atoms with E-state index in [4.69, 9.17) is 4.74 Å². The molecule has 8 heteroatoms. The van der Waals surface area contributed by atoms with E-state index in [0.29, 0.717) is 48.6 Å². The van der Waals surface area contributed by atoms with E-state index in [9.17, 15) is 14.4 Å². The Balaban J connectivity index is 1.66. The first-order valence-corrected chi connectivity index (χ1v) is 8.44. The topological polar surface area (TPSA) is 101 Å². The van der Waals surface area contributed by atoms with Gasteiger partial charge < -0.3 is 20.3 Å². The van der Waals surface area contributed by atoms with Gasteiger partial charge in [-0.3, -0.25) is 14.4 Å². The van der Waals surface area contributed by atoms with Crippen molar-refractivity contribution in [3.05, 3.63) is 22.9 Å². The quantitative estimate of drug-likeness (QED) is 0.774. The first kappa shape index (κ1) is 17.2. The summed E-state index contributed by atoms with van der Waals surface area (Å²) in [5.41, 5.74) is 1.93. The maximum absolute atomic E-state index is 12.3. The van der Waals surface area contributed by atoms with Gasteiger partial charge in [0.25, 0.3) is 5.91 Å². The molecule has 1 saturated heterocycles. The van der Waals surface area contributed by atoms with Gasteiger partial charge in [-0.15, -0.1) is 0 Å². The molecular formula is C17H22N4O4. The standard InChI is InChI=1S/C17H22N4O4/c1-3-21-9-13-12(17(21)24)6-10(16(20-13)25-2)8-18-15(23)7-11-4-5-14(22)19-11/h6,11H,3-5,7-9H2,1-2H3,(H,18,23)(H,19,22)/t11-/m0/s1. The van der Waals surface area contributed by atoms with Crippen molar-refractivity contribution in [3.63, 3.8) is 0 Å². The molecule has 8 nitrogen and oxygen atoms in total. The fourth-order valence-electron chi connectivity index (χ4n) is 3.18. The summed E-state index contributed by atoms with van der Waals surface area (Å²) in [6.07, 6.45) is 1.39. The van der Waals surface area contributed by atoms with Crippen LogP contribution < -0.4 is 15.4 Å². The van der Waals surface area contributed by atoms with E-state index in [2.05, 4.69) is 15.6 Å². The molecule has 2 aliphatic rings. The summed E-state index contributed by atoms with van der Waals surface area (Å²) in [7, 11) is 1.52. The molecule has 0 aliphatic carbocycles. The normalized spacial score (nSPS) is 19.0. The highest BCUT2D eigenvalue weighted by atomic mass is 16.5. The van der Waals surface area contributed by atoms with Crippen molar-refractivity contribution in [1.29, 1.82) is 0 Å². The molecule has 1 atom stereocenters. The lowest BCUT2D eigenvalue weighted by Gasteiger charge is -2.12. The van der Waals surface area contributed by atoms with Crippen molar-refractivity contribution in [1.82, 2.24) is 20.5 Å². The van der Waals surface area contributed by atoms with E-state index in [1.165, 1.54) is 7.11 Å². The summed E-state index contributed by atoms with van der Waals surface area (Å²) < 4.78 is 5.31. The van der Waals surface area contributed by atoms with Crippen LogP contribution in [0.3, 0.4) is 0 Å². The number of aromatic nitrogens is 1. The van der Waals surface area contributed by atoms with Crippen LogP contribution >= 0.6 is 0 Å². The Morgan fingerprint density at radius 1 is 1.48 bits per heavy atom. The van der Waals surface area contributed by atoms with E-state index in [-0.39, 0.29) is 36.7 Å². The smallest absolute Gasteiger partial charge is 0.256 e. The number of nitrogens with zero attached hydrogens (tertiary/aromatic N) is 2. The Kier molecular flexibility index (Phi) is 4.87. The number of ether oxygens (including phenoxy) is 1. The molecule has 134 valence electrons. The van der Waals surface area contributed by atoms with Gasteiger partial charge in [0.05, 0.1) is 24.9 Å². The summed E-state index contributed by atoms with van der Waals surface area (Å²) in [6, 6.07) is 1.64. The zero-order valence-corrected chi connectivity index (χ0v) is 14.4. The minimum atomic E-state index is -0.156. The SMILES string of the molecule is CCN1Cc2nc(OC)c(CNC(=O)C[C@@H]3CCC(=O)N3)cc2C1=O. The number of methoxy groups -OCH3 is 1. The number of nitrogens with one attached hydrogen (secondary N) is 2. The van der Waals surface area contributed by atoms with E-state index in [1.807, 2.05) is 6.92 Å². The molecule has 0 bridgehead atoms. The number of carbonyl (C=O) groups excluding carboxylic acids is 3. The van der Waals surface area contributed by atoms with Gasteiger partial charge in [0, 0.05) is 37.5 Å². The van der Waals surface area contributed by atoms with Crippen molar-refractivity contribution in [2.45, 2.75) is 45.3 Å². The van der Waals surface area contributed by atoms with Gasteiger partial charge in [0.1, 0.15) is 0 Å². The van der Waals surface area contributed by atoms with Gasteiger partial charge in [-0.2, -0.15) is 0 Å². The predicted octanol–water partition coefficient (Wildman–Crippen LogP) is 0.351. The van der Waals surface area contributed by atoms with Crippen molar-refractivity contribution in [2.24, 2.45) is 0 Å². The number of hydrogen-bond donors (Lipinski definition) is 2. The van der Waals surface area contributed by atoms with Crippen LogP contribution in [0.5, 0.6) is 5.88 Å². The third-order valence-electron chi connectivity index (χ3n) is 4.57. The molecule has 25 heavy (non-hydrogen) atoms. The minimum absolute atomic E-state index is 0.0127. The number of carbonyl (C=O) groups is 3. The molecule has 3 rings (SSSR count). The second-order valence-corrected chi connectivity index (χ2v) is 6.25. The molecule has 0 spiro atoms. The number of hydrogen-bond acceptors (Lipinski definition) is 5. The highest BCUT2D eigenvalue weighted by Gasteiger charge is 2.29. The number of fused-ring (bicyclic) bond motifs is 1. The summed E-state index contributed by atoms with van der Waals surface area (Å²) in [5, 5.41) is 5.58. The average Bonchev–Trinajstić information content (AvgIpc) is 3.15. The Labute approximate surface area is 145 Å². The number of pyridine rings is 1. The largest absolute Gasteiger partial charge is 0.481 e. The molecule has 1 aromatic rings. The summed E-state index contributed by atoms with van der Waals surface area (Å²) in [4.78, 5) is 41.7. The maximum atomic E-state index is 12.3. The number of amides is 3. The molecule has 3 heterocycles. The second-order valence-electron chi connectivity index (χ2n) is 6.25. The zero-order valence-electron chi connectivity index (χ0n) is 14.4. The molecule has 0 saturated carbocycles. The summed E-state index contributed by atoms with van der Waals surface area (Å²) >= 11 is 0. The molecule has 2 N–H and O–H groups in total. The molecular weight excluding hydrogens is 324 g/mol. The van der Waals surface area contributed by atoms with E-state index < -0.39 is 0 Å². The molecule has 1 aromatic heterocycles. The van der Waals surface area contributed by atoms with Gasteiger partial charge in [-0.1, -0.05) is 0 Å². The highest BCUT2D eigenvalue weighted by Crippen LogP contribution is 2.27. The zero-order chi connectivity index (χ0) is 18.0. The average molecular weight is 346 g/mol. The van der Waals surface area contributed by atoms with Gasteiger partial charge in [-0.25, -0.2) is 4.98 Å². The summed E-state index contributed by atoms with van der Waals surface area (Å²) in [5.74, 6) is 0.199. The lowest BCUT2D eigenvalue weighted by Crippen LogP contribution is -2.33. The van der Waals surface area contributed by atoms with Crippen LogP contribution in [0.2, 0.25) is 0 Å². The third kappa shape index (κ3) is 3.57. The van der Waals surface area contributed by atoms with Crippen molar-refractivity contribution >= 4 is 17.7 Å². The third-order valence-corrected chi connectivity index (χ3v) is 4.57. The van der Waals surface area contributed by atoms with Crippen LogP contribution in [0.15, 0.2) is 6.07 Å². The fourth-order valence-corrected chi connectivity index (χ4v) is 3.18. The first-order valence-electron chi connectivity index (χ1n) is 8.44. The predicted molar refractivity (Wildman–Crippen MR) is 88.8 cm³/mol. The van der Waals surface area contributed by atoms with Gasteiger partial charge >= 0.3 is 0 Å². The van der Waals surface area contributed by atoms with E-state index in [1.54, 1.807) is 11.0 Å². The van der Waals surface area contributed by atoms with Crippen LogP contribution in [0.1, 0.15) is 47.8 Å². The molecule has 3 amide bonds. The molecule has 0 aromatic carbocycles. The van der Waals surface area contributed by atoms with E-state index in [0.717, 1.165) is 0 Å². The van der Waals surface area contributed by atoms with Crippen LogP contribution in [0.25, 0.3) is 0 Å². The number of rotatable bonds is 6. The van der Waals surface area contributed by atoms with Crippen LogP contribution in [-0.2, 0) is 22.7 Å². The molecule has 0 radical (unpaired) electrons. The Bertz CT molecular complexity index is 719. The molecule has 2 aliphatic heterocycles.